The van der Waals surface area contributed by atoms with E-state index in [9.17, 15) is 9.59 Å². The van der Waals surface area contributed by atoms with Gasteiger partial charge in [-0.05, 0) is 43.5 Å². The predicted octanol–water partition coefficient (Wildman–Crippen LogP) is 8.09. The molecule has 2 aromatic heterocycles. The zero-order valence-electron chi connectivity index (χ0n) is 24.9. The number of rotatable bonds is 19. The van der Waals surface area contributed by atoms with Crippen molar-refractivity contribution < 1.29 is 9.59 Å². The fraction of sp³-hybridized carbons (Fsp3) is 0.613. The first kappa shape index (κ1) is 32.9. The smallest absolute Gasteiger partial charge is 0.271 e. The molecule has 10 heteroatoms. The molecular formula is C31H46Cl2N6O2. The SMILES string of the molecule is CCCCCCCCN(CCCCCCCC)C(=O)C(CC)NC(=O)c1[nH]n2c(-c3ccc(Cl)cc3)nnc2c1Cl. The third-order valence-corrected chi connectivity index (χ3v) is 8.13. The molecule has 0 aliphatic rings. The number of nitrogens with zero attached hydrogens (tertiary/aromatic N) is 4. The fourth-order valence-corrected chi connectivity index (χ4v) is 5.41. The Morgan fingerprint density at radius 1 is 0.854 bits per heavy atom. The van der Waals surface area contributed by atoms with Gasteiger partial charge in [-0.3, -0.25) is 14.7 Å². The van der Waals surface area contributed by atoms with E-state index in [-0.39, 0.29) is 16.6 Å². The molecule has 2 amide bonds. The normalized spacial score (nSPS) is 12.1. The minimum Gasteiger partial charge on any atom is -0.341 e. The number of aromatic nitrogens is 4. The van der Waals surface area contributed by atoms with Crippen LogP contribution in [0.25, 0.3) is 17.0 Å². The maximum atomic E-state index is 13.7. The Hall–Kier alpha value is -2.58. The summed E-state index contributed by atoms with van der Waals surface area (Å²) < 4.78 is 1.58. The van der Waals surface area contributed by atoms with Crippen LogP contribution in [0.15, 0.2) is 24.3 Å². The summed E-state index contributed by atoms with van der Waals surface area (Å²) in [5.74, 6) is 0.0329. The molecule has 226 valence electrons. The van der Waals surface area contributed by atoms with Crippen molar-refractivity contribution in [2.75, 3.05) is 13.1 Å². The monoisotopic (exact) mass is 604 g/mol. The molecule has 3 aromatic rings. The van der Waals surface area contributed by atoms with Crippen LogP contribution in [0.5, 0.6) is 0 Å². The average molecular weight is 606 g/mol. The van der Waals surface area contributed by atoms with Crippen molar-refractivity contribution in [2.45, 2.75) is 110 Å². The third-order valence-electron chi connectivity index (χ3n) is 7.52. The van der Waals surface area contributed by atoms with Crippen LogP contribution in [0.3, 0.4) is 0 Å². The Balaban J connectivity index is 1.68. The number of hydrogen-bond acceptors (Lipinski definition) is 4. The van der Waals surface area contributed by atoms with Gasteiger partial charge in [-0.15, -0.1) is 10.2 Å². The van der Waals surface area contributed by atoms with Crippen LogP contribution >= 0.6 is 23.2 Å². The topological polar surface area (TPSA) is 95.4 Å². The Bertz CT molecular complexity index is 1210. The van der Waals surface area contributed by atoms with Gasteiger partial charge in [0.2, 0.25) is 5.91 Å². The summed E-state index contributed by atoms with van der Waals surface area (Å²) in [6, 6.07) is 6.52. The number of amides is 2. The number of fused-ring (bicyclic) bond motifs is 1. The fourth-order valence-electron chi connectivity index (χ4n) is 5.03. The number of halogens is 2. The number of unbranched alkanes of at least 4 members (excludes halogenated alkanes) is 10. The standard InChI is InChI=1S/C31H46Cl2N6O2/c1-4-7-9-11-13-15-21-38(22-16-14-12-10-8-5-2)31(41)25(6-3)34-30(40)27-26(33)29-36-35-28(39(29)37-27)23-17-19-24(32)20-18-23/h17-20,25,37H,4-16,21-22H2,1-3H3,(H,34,40). The first-order valence-corrected chi connectivity index (χ1v) is 16.1. The molecule has 0 spiro atoms. The Morgan fingerprint density at radius 2 is 1.41 bits per heavy atom. The van der Waals surface area contributed by atoms with Crippen molar-refractivity contribution in [3.63, 3.8) is 0 Å². The van der Waals surface area contributed by atoms with E-state index < -0.39 is 11.9 Å². The summed E-state index contributed by atoms with van der Waals surface area (Å²) in [6.07, 6.45) is 14.5. The molecule has 41 heavy (non-hydrogen) atoms. The molecule has 0 bridgehead atoms. The number of benzene rings is 1. The average Bonchev–Trinajstić information content (AvgIpc) is 3.54. The molecule has 1 atom stereocenters. The van der Waals surface area contributed by atoms with Gasteiger partial charge in [-0.25, -0.2) is 4.52 Å². The molecule has 3 rings (SSSR count). The third kappa shape index (κ3) is 9.47. The lowest BCUT2D eigenvalue weighted by Gasteiger charge is -2.27. The van der Waals surface area contributed by atoms with E-state index in [1.807, 2.05) is 24.0 Å². The highest BCUT2D eigenvalue weighted by atomic mass is 35.5. The van der Waals surface area contributed by atoms with Gasteiger partial charge in [0.05, 0.1) is 0 Å². The molecule has 0 radical (unpaired) electrons. The second kappa shape index (κ2) is 17.4. The summed E-state index contributed by atoms with van der Waals surface area (Å²) in [4.78, 5) is 29.0. The van der Waals surface area contributed by atoms with E-state index in [1.165, 1.54) is 51.4 Å². The minimum absolute atomic E-state index is 0.0288. The van der Waals surface area contributed by atoms with E-state index in [2.05, 4.69) is 34.5 Å². The molecule has 2 heterocycles. The van der Waals surface area contributed by atoms with Crippen LogP contribution in [0, 0.1) is 0 Å². The van der Waals surface area contributed by atoms with Gasteiger partial charge < -0.3 is 10.2 Å². The van der Waals surface area contributed by atoms with E-state index in [0.717, 1.165) is 44.3 Å². The van der Waals surface area contributed by atoms with Crippen molar-refractivity contribution >= 4 is 40.7 Å². The highest BCUT2D eigenvalue weighted by Crippen LogP contribution is 2.26. The van der Waals surface area contributed by atoms with Gasteiger partial charge in [-0.1, -0.05) is 108 Å². The first-order chi connectivity index (χ1) is 19.9. The van der Waals surface area contributed by atoms with Crippen LogP contribution in [0.2, 0.25) is 10.0 Å². The van der Waals surface area contributed by atoms with Gasteiger partial charge in [0.15, 0.2) is 11.5 Å². The lowest BCUT2D eigenvalue weighted by Crippen LogP contribution is -2.49. The van der Waals surface area contributed by atoms with E-state index in [1.54, 1.807) is 16.6 Å². The zero-order chi connectivity index (χ0) is 29.6. The van der Waals surface area contributed by atoms with Crippen molar-refractivity contribution in [2.24, 2.45) is 0 Å². The highest BCUT2D eigenvalue weighted by Gasteiger charge is 2.28. The largest absolute Gasteiger partial charge is 0.341 e. The minimum atomic E-state index is -0.636. The summed E-state index contributed by atoms with van der Waals surface area (Å²) >= 11 is 12.6. The molecule has 1 aromatic carbocycles. The van der Waals surface area contributed by atoms with Crippen LogP contribution in [0.1, 0.15) is 115 Å². The molecule has 0 fully saturated rings. The maximum absolute atomic E-state index is 13.7. The maximum Gasteiger partial charge on any atom is 0.271 e. The molecular weight excluding hydrogens is 559 g/mol. The van der Waals surface area contributed by atoms with Crippen molar-refractivity contribution in [1.82, 2.24) is 30.0 Å². The number of carbonyl (C=O) groups is 2. The molecule has 0 aliphatic carbocycles. The van der Waals surface area contributed by atoms with Crippen molar-refractivity contribution in [3.05, 3.63) is 40.0 Å². The number of H-pyrrole nitrogens is 1. The number of nitrogens with one attached hydrogen (secondary N) is 2. The van der Waals surface area contributed by atoms with Gasteiger partial charge >= 0.3 is 0 Å². The zero-order valence-corrected chi connectivity index (χ0v) is 26.4. The Morgan fingerprint density at radius 3 is 1.98 bits per heavy atom. The molecule has 8 nitrogen and oxygen atoms in total. The number of carbonyl (C=O) groups excluding carboxylic acids is 2. The predicted molar refractivity (Wildman–Crippen MR) is 168 cm³/mol. The van der Waals surface area contributed by atoms with Crippen LogP contribution in [0.4, 0.5) is 0 Å². The van der Waals surface area contributed by atoms with Crippen molar-refractivity contribution in [3.8, 4) is 11.4 Å². The highest BCUT2D eigenvalue weighted by molar-refractivity contribution is 6.36. The van der Waals surface area contributed by atoms with E-state index in [0.29, 0.717) is 22.9 Å². The molecule has 0 saturated heterocycles. The summed E-state index contributed by atoms with van der Waals surface area (Å²) in [7, 11) is 0. The van der Waals surface area contributed by atoms with Gasteiger partial charge in [0, 0.05) is 23.7 Å². The molecule has 2 N–H and O–H groups in total. The lowest BCUT2D eigenvalue weighted by molar-refractivity contribution is -0.133. The second-order valence-electron chi connectivity index (χ2n) is 10.8. The summed E-state index contributed by atoms with van der Waals surface area (Å²) in [5.41, 5.74) is 1.26. The quantitative estimate of drug-likeness (QED) is 0.135. The van der Waals surface area contributed by atoms with Gasteiger partial charge in [0.25, 0.3) is 5.91 Å². The summed E-state index contributed by atoms with van der Waals surface area (Å²) in [6.45, 7) is 7.79. The Kier molecular flexibility index (Phi) is 14.0. The van der Waals surface area contributed by atoms with Crippen molar-refractivity contribution in [1.29, 1.82) is 0 Å². The first-order valence-electron chi connectivity index (χ1n) is 15.4. The van der Waals surface area contributed by atoms with Crippen LogP contribution < -0.4 is 5.32 Å². The van der Waals surface area contributed by atoms with E-state index >= 15 is 0 Å². The molecule has 0 saturated carbocycles. The van der Waals surface area contributed by atoms with Gasteiger partial charge in [0.1, 0.15) is 16.8 Å². The lowest BCUT2D eigenvalue weighted by atomic mass is 10.1. The number of hydrogen-bond donors (Lipinski definition) is 2. The Labute approximate surface area is 254 Å². The second-order valence-corrected chi connectivity index (χ2v) is 11.6. The van der Waals surface area contributed by atoms with Gasteiger partial charge in [-0.2, -0.15) is 0 Å². The molecule has 0 aliphatic heterocycles. The number of aromatic amines is 1. The van der Waals surface area contributed by atoms with Crippen LogP contribution in [-0.2, 0) is 4.79 Å². The molecule has 1 unspecified atom stereocenters. The van der Waals surface area contributed by atoms with E-state index in [4.69, 9.17) is 23.2 Å². The van der Waals surface area contributed by atoms with Crippen LogP contribution in [-0.4, -0.2) is 55.7 Å². The summed E-state index contributed by atoms with van der Waals surface area (Å²) in [5, 5.41) is 15.1.